The highest BCUT2D eigenvalue weighted by Crippen LogP contribution is 2.37. The third-order valence-electron chi connectivity index (χ3n) is 5.77. The molecule has 1 aromatic carbocycles. The van der Waals surface area contributed by atoms with Gasteiger partial charge in [-0.2, -0.15) is 0 Å². The zero-order valence-electron chi connectivity index (χ0n) is 16.0. The number of nitrogens with one attached hydrogen (secondary N) is 1. The molecule has 29 heavy (non-hydrogen) atoms. The molecule has 3 N–H and O–H groups in total. The van der Waals surface area contributed by atoms with Gasteiger partial charge in [0, 0.05) is 35.0 Å². The molecule has 1 unspecified atom stereocenters. The molecule has 0 bridgehead atoms. The second-order valence-electron chi connectivity index (χ2n) is 8.02. The van der Waals surface area contributed by atoms with Gasteiger partial charge in [0.05, 0.1) is 17.9 Å². The van der Waals surface area contributed by atoms with E-state index < -0.39 is 12.2 Å². The van der Waals surface area contributed by atoms with Gasteiger partial charge in [0.25, 0.3) is 5.91 Å². The highest BCUT2D eigenvalue weighted by Gasteiger charge is 2.38. The maximum atomic E-state index is 12.5. The number of aliphatic hydroxyl groups excluding tert-OH is 2. The number of hydrogen-bond donors (Lipinski definition) is 3. The van der Waals surface area contributed by atoms with Crippen molar-refractivity contribution in [1.29, 1.82) is 0 Å². The summed E-state index contributed by atoms with van der Waals surface area (Å²) in [6.07, 6.45) is 1.92. The average molecular weight is 421 g/mol. The number of nitrogens with zero attached hydrogens (tertiary/aromatic N) is 1. The monoisotopic (exact) mass is 420 g/mol. The molecule has 1 aromatic rings. The zero-order chi connectivity index (χ0) is 20.5. The van der Waals surface area contributed by atoms with Crippen molar-refractivity contribution in [3.8, 4) is 5.75 Å². The lowest BCUT2D eigenvalue weighted by atomic mass is 9.77. The second-order valence-corrected chi connectivity index (χ2v) is 8.46. The smallest absolute Gasteiger partial charge is 0.265 e. The molecule has 2 aliphatic heterocycles. The summed E-state index contributed by atoms with van der Waals surface area (Å²) in [5.41, 5.74) is 2.11. The van der Waals surface area contributed by atoms with E-state index in [1.54, 1.807) is 18.2 Å². The number of carbonyl (C=O) groups excluding carboxylic acids is 1. The third kappa shape index (κ3) is 4.57. The maximum absolute atomic E-state index is 12.5. The van der Waals surface area contributed by atoms with E-state index in [2.05, 4.69) is 17.1 Å². The molecule has 2 heterocycles. The summed E-state index contributed by atoms with van der Waals surface area (Å²) in [7, 11) is 0. The van der Waals surface area contributed by atoms with Crippen molar-refractivity contribution in [3.05, 3.63) is 41.1 Å². The van der Waals surface area contributed by atoms with Gasteiger partial charge in [0.2, 0.25) is 0 Å². The van der Waals surface area contributed by atoms with Crippen LogP contribution in [0.3, 0.4) is 0 Å². The Morgan fingerprint density at radius 1 is 1.31 bits per heavy atom. The maximum Gasteiger partial charge on any atom is 0.265 e. The molecular weight excluding hydrogens is 396 g/mol. The van der Waals surface area contributed by atoms with Crippen molar-refractivity contribution in [2.24, 2.45) is 11.1 Å². The van der Waals surface area contributed by atoms with E-state index in [4.69, 9.17) is 21.2 Å². The number of halogens is 1. The Labute approximate surface area is 174 Å². The summed E-state index contributed by atoms with van der Waals surface area (Å²) in [5, 5.41) is 27.2. The number of hydrogen-bond acceptors (Lipinski definition) is 6. The van der Waals surface area contributed by atoms with E-state index in [0.717, 1.165) is 25.0 Å². The van der Waals surface area contributed by atoms with E-state index in [0.29, 0.717) is 40.8 Å². The van der Waals surface area contributed by atoms with Gasteiger partial charge in [-0.1, -0.05) is 23.3 Å². The van der Waals surface area contributed by atoms with Crippen LogP contribution in [0, 0.1) is 5.92 Å². The van der Waals surface area contributed by atoms with Gasteiger partial charge in [-0.15, -0.1) is 0 Å². The summed E-state index contributed by atoms with van der Waals surface area (Å²) >= 11 is 5.96. The van der Waals surface area contributed by atoms with Gasteiger partial charge in [-0.25, -0.2) is 0 Å². The Bertz CT molecular complexity index is 836. The lowest BCUT2D eigenvalue weighted by Gasteiger charge is -2.34. The normalized spacial score (nSPS) is 30.3. The standard InChI is InChI=1S/C21H25ClN2O5/c1-11(2-4-14-9-19(29-24-14)12-6-15(25)7-12)23-21(27)20-10-17(26)16-8-13(22)3-5-18(16)28-20/h3,5,8,12,15,17,19-20,25-26H,1-2,4,6-7,9-10H2,(H,23,27)/t12?,15?,17-,19?,20+/m1/s1. The van der Waals surface area contributed by atoms with E-state index in [9.17, 15) is 15.0 Å². The quantitative estimate of drug-likeness (QED) is 0.657. The first kappa shape index (κ1) is 20.2. The number of fused-ring (bicyclic) bond motifs is 1. The average Bonchev–Trinajstić information content (AvgIpc) is 3.12. The van der Waals surface area contributed by atoms with Gasteiger partial charge < -0.3 is 25.1 Å². The molecule has 1 aliphatic carbocycles. The Morgan fingerprint density at radius 3 is 2.86 bits per heavy atom. The lowest BCUT2D eigenvalue weighted by Crippen LogP contribution is -2.41. The minimum atomic E-state index is -0.812. The zero-order valence-corrected chi connectivity index (χ0v) is 16.8. The molecule has 0 radical (unpaired) electrons. The van der Waals surface area contributed by atoms with E-state index in [1.165, 1.54) is 0 Å². The number of amides is 1. The fourth-order valence-electron chi connectivity index (χ4n) is 3.97. The highest BCUT2D eigenvalue weighted by molar-refractivity contribution is 6.30. The second kappa shape index (κ2) is 8.34. The minimum absolute atomic E-state index is 0.0574. The van der Waals surface area contributed by atoms with E-state index in [1.807, 2.05) is 0 Å². The van der Waals surface area contributed by atoms with Crippen LogP contribution in [0.4, 0.5) is 0 Å². The molecule has 1 saturated carbocycles. The SMILES string of the molecule is C=C(CCC1=NOC(C2CC(O)C2)C1)NC(=O)[C@@H]1C[C@@H](O)c2cc(Cl)ccc2O1. The number of carbonyl (C=O) groups is 1. The fourth-order valence-corrected chi connectivity index (χ4v) is 4.15. The van der Waals surface area contributed by atoms with Crippen molar-refractivity contribution < 1.29 is 24.6 Å². The summed E-state index contributed by atoms with van der Waals surface area (Å²) in [6.45, 7) is 3.92. The van der Waals surface area contributed by atoms with Gasteiger partial charge in [-0.3, -0.25) is 4.79 Å². The molecule has 8 heteroatoms. The third-order valence-corrected chi connectivity index (χ3v) is 6.01. The summed E-state index contributed by atoms with van der Waals surface area (Å²) < 4.78 is 5.73. The minimum Gasteiger partial charge on any atom is -0.480 e. The van der Waals surface area contributed by atoms with Crippen molar-refractivity contribution in [3.63, 3.8) is 0 Å². The number of allylic oxidation sites excluding steroid dienone is 1. The molecule has 1 amide bonds. The summed E-state index contributed by atoms with van der Waals surface area (Å²) in [4.78, 5) is 18.0. The Hall–Kier alpha value is -2.09. The fraction of sp³-hybridized carbons (Fsp3) is 0.524. The predicted molar refractivity (Wildman–Crippen MR) is 108 cm³/mol. The first-order chi connectivity index (χ1) is 13.9. The molecule has 4 rings (SSSR count). The van der Waals surface area contributed by atoms with Gasteiger partial charge in [0.15, 0.2) is 6.10 Å². The Morgan fingerprint density at radius 2 is 2.10 bits per heavy atom. The highest BCUT2D eigenvalue weighted by atomic mass is 35.5. The largest absolute Gasteiger partial charge is 0.480 e. The number of aliphatic hydroxyl groups is 2. The van der Waals surface area contributed by atoms with Crippen LogP contribution in [0.2, 0.25) is 5.02 Å². The first-order valence-electron chi connectivity index (χ1n) is 9.91. The molecule has 0 aromatic heterocycles. The molecule has 3 aliphatic rings. The molecule has 0 spiro atoms. The van der Waals surface area contributed by atoms with Crippen molar-refractivity contribution in [2.45, 2.75) is 62.9 Å². The number of oxime groups is 1. The number of benzene rings is 1. The van der Waals surface area contributed by atoms with Crippen molar-refractivity contribution in [2.75, 3.05) is 0 Å². The number of ether oxygens (including phenoxy) is 1. The molecule has 3 atom stereocenters. The number of rotatable bonds is 6. The van der Waals surface area contributed by atoms with Crippen LogP contribution in [0.1, 0.15) is 50.2 Å². The van der Waals surface area contributed by atoms with Crippen LogP contribution in [-0.2, 0) is 9.63 Å². The van der Waals surface area contributed by atoms with Crippen molar-refractivity contribution >= 4 is 23.2 Å². The molecular formula is C21H25ClN2O5. The summed E-state index contributed by atoms with van der Waals surface area (Å²) in [6, 6.07) is 4.97. The first-order valence-corrected chi connectivity index (χ1v) is 10.3. The molecule has 0 saturated heterocycles. The topological polar surface area (TPSA) is 100 Å². The van der Waals surface area contributed by atoms with Crippen LogP contribution in [-0.4, -0.2) is 40.1 Å². The van der Waals surface area contributed by atoms with E-state index in [-0.39, 0.29) is 24.5 Å². The van der Waals surface area contributed by atoms with Crippen LogP contribution in [0.5, 0.6) is 5.75 Å². The van der Waals surface area contributed by atoms with Crippen LogP contribution in [0.15, 0.2) is 35.6 Å². The van der Waals surface area contributed by atoms with Gasteiger partial charge in [-0.05, 0) is 43.9 Å². The van der Waals surface area contributed by atoms with E-state index >= 15 is 0 Å². The predicted octanol–water partition coefficient (Wildman–Crippen LogP) is 2.85. The lowest BCUT2D eigenvalue weighted by molar-refractivity contribution is -0.129. The van der Waals surface area contributed by atoms with Gasteiger partial charge in [0.1, 0.15) is 11.9 Å². The van der Waals surface area contributed by atoms with Crippen LogP contribution in [0.25, 0.3) is 0 Å². The Kier molecular flexibility index (Phi) is 5.81. The molecule has 1 fully saturated rings. The molecule has 156 valence electrons. The summed E-state index contributed by atoms with van der Waals surface area (Å²) in [5.74, 6) is 0.505. The van der Waals surface area contributed by atoms with Crippen LogP contribution >= 0.6 is 11.6 Å². The Balaban J connectivity index is 1.23. The van der Waals surface area contributed by atoms with Crippen molar-refractivity contribution in [1.82, 2.24) is 5.32 Å². The van der Waals surface area contributed by atoms with Crippen LogP contribution < -0.4 is 10.1 Å². The van der Waals surface area contributed by atoms with Gasteiger partial charge >= 0.3 is 0 Å². The molecule has 7 nitrogen and oxygen atoms in total.